The summed E-state index contributed by atoms with van der Waals surface area (Å²) in [6.45, 7) is 2.14. The van der Waals surface area contributed by atoms with Crippen molar-refractivity contribution in [3.05, 3.63) is 78.6 Å². The maximum Gasteiger partial charge on any atom is 0.229 e. The summed E-state index contributed by atoms with van der Waals surface area (Å²) in [4.78, 5) is 13.2. The van der Waals surface area contributed by atoms with E-state index in [1.54, 1.807) is 12.4 Å². The SMILES string of the molecule is CCc1ccc(Nc2nccc(Nc3ccc4ncccc4c3)n2)cc1. The molecule has 0 fully saturated rings. The second-order valence-corrected chi connectivity index (χ2v) is 5.98. The smallest absolute Gasteiger partial charge is 0.229 e. The first kappa shape index (κ1) is 16.0. The molecule has 2 N–H and O–H groups in total. The van der Waals surface area contributed by atoms with Crippen LogP contribution in [0.3, 0.4) is 0 Å². The molecule has 0 radical (unpaired) electrons. The number of aryl methyl sites for hydroxylation is 1. The van der Waals surface area contributed by atoms with Gasteiger partial charge < -0.3 is 10.6 Å². The van der Waals surface area contributed by atoms with Gasteiger partial charge in [0.2, 0.25) is 5.95 Å². The van der Waals surface area contributed by atoms with Crippen molar-refractivity contribution < 1.29 is 0 Å². The summed E-state index contributed by atoms with van der Waals surface area (Å²) in [5.41, 5.74) is 4.20. The average Bonchev–Trinajstić information content (AvgIpc) is 2.69. The van der Waals surface area contributed by atoms with Crippen LogP contribution in [0, 0.1) is 0 Å². The fraction of sp³-hybridized carbons (Fsp3) is 0.0952. The van der Waals surface area contributed by atoms with Crippen LogP contribution in [0.25, 0.3) is 10.9 Å². The first-order chi connectivity index (χ1) is 12.8. The number of hydrogen-bond donors (Lipinski definition) is 2. The van der Waals surface area contributed by atoms with Crippen molar-refractivity contribution in [3.8, 4) is 0 Å². The normalized spacial score (nSPS) is 10.7. The van der Waals surface area contributed by atoms with Crippen LogP contribution in [0.2, 0.25) is 0 Å². The zero-order chi connectivity index (χ0) is 17.8. The molecule has 0 saturated carbocycles. The van der Waals surface area contributed by atoms with E-state index in [1.807, 2.05) is 42.5 Å². The highest BCUT2D eigenvalue weighted by atomic mass is 15.1. The van der Waals surface area contributed by atoms with E-state index in [1.165, 1.54) is 5.56 Å². The van der Waals surface area contributed by atoms with Crippen molar-refractivity contribution in [2.75, 3.05) is 10.6 Å². The first-order valence-corrected chi connectivity index (χ1v) is 8.61. The number of nitrogens with zero attached hydrogens (tertiary/aromatic N) is 3. The van der Waals surface area contributed by atoms with Gasteiger partial charge in [-0.1, -0.05) is 25.1 Å². The minimum atomic E-state index is 0.557. The molecule has 26 heavy (non-hydrogen) atoms. The molecule has 128 valence electrons. The van der Waals surface area contributed by atoms with Gasteiger partial charge in [-0.3, -0.25) is 4.98 Å². The standard InChI is InChI=1S/C21H19N5/c1-2-15-5-7-17(8-6-15)25-21-23-13-11-20(26-21)24-18-9-10-19-16(14-18)4-3-12-22-19/h3-14H,2H2,1H3,(H2,23,24,25,26). The summed E-state index contributed by atoms with van der Waals surface area (Å²) >= 11 is 0. The van der Waals surface area contributed by atoms with Gasteiger partial charge in [-0.2, -0.15) is 4.98 Å². The topological polar surface area (TPSA) is 62.7 Å². The van der Waals surface area contributed by atoms with E-state index >= 15 is 0 Å². The second-order valence-electron chi connectivity index (χ2n) is 5.98. The van der Waals surface area contributed by atoms with Crippen LogP contribution in [0.1, 0.15) is 12.5 Å². The van der Waals surface area contributed by atoms with Gasteiger partial charge in [-0.15, -0.1) is 0 Å². The molecule has 0 bridgehead atoms. The summed E-state index contributed by atoms with van der Waals surface area (Å²) in [6, 6.07) is 20.2. The monoisotopic (exact) mass is 341 g/mol. The summed E-state index contributed by atoms with van der Waals surface area (Å²) < 4.78 is 0. The number of nitrogens with one attached hydrogen (secondary N) is 2. The zero-order valence-corrected chi connectivity index (χ0v) is 14.5. The largest absolute Gasteiger partial charge is 0.340 e. The molecule has 0 saturated heterocycles. The highest BCUT2D eigenvalue weighted by Crippen LogP contribution is 2.21. The third kappa shape index (κ3) is 3.62. The Labute approximate surface area is 152 Å². The van der Waals surface area contributed by atoms with Gasteiger partial charge >= 0.3 is 0 Å². The predicted octanol–water partition coefficient (Wildman–Crippen LogP) is 5.07. The Morgan fingerprint density at radius 2 is 1.65 bits per heavy atom. The average molecular weight is 341 g/mol. The molecule has 4 rings (SSSR count). The van der Waals surface area contributed by atoms with E-state index in [4.69, 9.17) is 0 Å². The molecule has 0 spiro atoms. The minimum absolute atomic E-state index is 0.557. The molecule has 0 atom stereocenters. The molecule has 4 aromatic rings. The van der Waals surface area contributed by atoms with Gasteiger partial charge in [-0.05, 0) is 54.4 Å². The van der Waals surface area contributed by atoms with Crippen molar-refractivity contribution >= 4 is 34.0 Å². The molecule has 5 heteroatoms. The molecule has 2 aromatic carbocycles. The molecular formula is C21H19N5. The molecule has 0 aliphatic carbocycles. The lowest BCUT2D eigenvalue weighted by Gasteiger charge is -2.09. The Kier molecular flexibility index (Phi) is 4.43. The molecule has 2 heterocycles. The number of fused-ring (bicyclic) bond motifs is 1. The summed E-state index contributed by atoms with van der Waals surface area (Å²) in [7, 11) is 0. The Morgan fingerprint density at radius 3 is 2.50 bits per heavy atom. The van der Waals surface area contributed by atoms with Gasteiger partial charge in [-0.25, -0.2) is 4.98 Å². The molecule has 0 unspecified atom stereocenters. The molecule has 0 amide bonds. The third-order valence-corrected chi connectivity index (χ3v) is 4.15. The molecular weight excluding hydrogens is 322 g/mol. The number of aromatic nitrogens is 3. The van der Waals surface area contributed by atoms with Crippen molar-refractivity contribution in [2.24, 2.45) is 0 Å². The van der Waals surface area contributed by atoms with Crippen molar-refractivity contribution in [1.82, 2.24) is 15.0 Å². The summed E-state index contributed by atoms with van der Waals surface area (Å²) in [5.74, 6) is 1.29. The molecule has 0 aliphatic rings. The summed E-state index contributed by atoms with van der Waals surface area (Å²) in [6.07, 6.45) is 4.56. The van der Waals surface area contributed by atoms with Crippen LogP contribution in [0.15, 0.2) is 73.1 Å². The Morgan fingerprint density at radius 1 is 0.808 bits per heavy atom. The van der Waals surface area contributed by atoms with Gasteiger partial charge in [0.15, 0.2) is 0 Å². The van der Waals surface area contributed by atoms with E-state index in [2.05, 4.69) is 50.7 Å². The van der Waals surface area contributed by atoms with Crippen LogP contribution in [0.4, 0.5) is 23.1 Å². The van der Waals surface area contributed by atoms with Crippen molar-refractivity contribution in [3.63, 3.8) is 0 Å². The van der Waals surface area contributed by atoms with Gasteiger partial charge in [0.1, 0.15) is 5.82 Å². The maximum absolute atomic E-state index is 4.54. The highest BCUT2D eigenvalue weighted by Gasteiger charge is 2.02. The molecule has 2 aromatic heterocycles. The van der Waals surface area contributed by atoms with Crippen molar-refractivity contribution in [2.45, 2.75) is 13.3 Å². The van der Waals surface area contributed by atoms with E-state index in [0.717, 1.165) is 34.5 Å². The Balaban J connectivity index is 1.52. The lowest BCUT2D eigenvalue weighted by molar-refractivity contribution is 1.14. The summed E-state index contributed by atoms with van der Waals surface area (Å²) in [5, 5.41) is 7.64. The first-order valence-electron chi connectivity index (χ1n) is 8.61. The van der Waals surface area contributed by atoms with Crippen LogP contribution in [-0.2, 0) is 6.42 Å². The predicted molar refractivity (Wildman–Crippen MR) is 106 cm³/mol. The van der Waals surface area contributed by atoms with E-state index in [9.17, 15) is 0 Å². The molecule has 5 nitrogen and oxygen atoms in total. The minimum Gasteiger partial charge on any atom is -0.340 e. The highest BCUT2D eigenvalue weighted by molar-refractivity contribution is 5.83. The van der Waals surface area contributed by atoms with Gasteiger partial charge in [0.05, 0.1) is 5.52 Å². The number of benzene rings is 2. The van der Waals surface area contributed by atoms with E-state index in [0.29, 0.717) is 5.95 Å². The lowest BCUT2D eigenvalue weighted by atomic mass is 10.1. The number of pyridine rings is 1. The molecule has 0 aliphatic heterocycles. The van der Waals surface area contributed by atoms with E-state index in [-0.39, 0.29) is 0 Å². The van der Waals surface area contributed by atoms with Gasteiger partial charge in [0, 0.05) is 29.2 Å². The van der Waals surface area contributed by atoms with Crippen LogP contribution in [-0.4, -0.2) is 15.0 Å². The van der Waals surface area contributed by atoms with Gasteiger partial charge in [0.25, 0.3) is 0 Å². The lowest BCUT2D eigenvalue weighted by Crippen LogP contribution is -2.00. The van der Waals surface area contributed by atoms with Crippen LogP contribution in [0.5, 0.6) is 0 Å². The Bertz CT molecular complexity index is 1030. The Hall–Kier alpha value is -3.47. The van der Waals surface area contributed by atoms with Crippen LogP contribution < -0.4 is 10.6 Å². The van der Waals surface area contributed by atoms with E-state index < -0.39 is 0 Å². The second kappa shape index (κ2) is 7.19. The third-order valence-electron chi connectivity index (χ3n) is 4.15. The zero-order valence-electron chi connectivity index (χ0n) is 14.5. The maximum atomic E-state index is 4.54. The number of anilines is 4. The fourth-order valence-electron chi connectivity index (χ4n) is 2.74. The fourth-order valence-corrected chi connectivity index (χ4v) is 2.74. The van der Waals surface area contributed by atoms with Crippen LogP contribution >= 0.6 is 0 Å². The number of hydrogen-bond acceptors (Lipinski definition) is 5. The quantitative estimate of drug-likeness (QED) is 0.530. The van der Waals surface area contributed by atoms with Crippen molar-refractivity contribution in [1.29, 1.82) is 0 Å². The number of rotatable bonds is 5.